The molecule has 0 aliphatic carbocycles. The molecular formula is C13H12N4OS. The third-order valence-corrected chi connectivity index (χ3v) is 3.65. The summed E-state index contributed by atoms with van der Waals surface area (Å²) in [4.78, 5) is 5.31. The number of fused-ring (bicyclic) bond motifs is 1. The minimum Gasteiger partial charge on any atom is -0.454 e. The van der Waals surface area contributed by atoms with Gasteiger partial charge in [0.1, 0.15) is 11.5 Å². The van der Waals surface area contributed by atoms with Crippen LogP contribution in [0, 0.1) is 0 Å². The molecule has 0 saturated carbocycles. The Kier molecular flexibility index (Phi) is 2.72. The number of nitrogens with zero attached hydrogens (tertiary/aromatic N) is 3. The van der Waals surface area contributed by atoms with E-state index in [0.29, 0.717) is 11.5 Å². The zero-order chi connectivity index (χ0) is 13.4. The summed E-state index contributed by atoms with van der Waals surface area (Å²) in [5.74, 6) is 1.39. The van der Waals surface area contributed by atoms with Gasteiger partial charge in [-0.1, -0.05) is 30.6 Å². The van der Waals surface area contributed by atoms with Gasteiger partial charge in [0, 0.05) is 12.6 Å². The van der Waals surface area contributed by atoms with Crippen molar-refractivity contribution in [2.24, 2.45) is 0 Å². The maximum Gasteiger partial charge on any atom is 0.214 e. The molecule has 5 nitrogen and oxygen atoms in total. The van der Waals surface area contributed by atoms with Crippen LogP contribution in [-0.2, 0) is 0 Å². The Hall–Kier alpha value is -2.34. The maximum atomic E-state index is 5.69. The average molecular weight is 272 g/mol. The van der Waals surface area contributed by atoms with Gasteiger partial charge in [0.15, 0.2) is 5.76 Å². The third kappa shape index (κ3) is 1.86. The Balaban J connectivity index is 2.08. The van der Waals surface area contributed by atoms with E-state index in [4.69, 9.17) is 4.42 Å². The van der Waals surface area contributed by atoms with Gasteiger partial charge in [-0.3, -0.25) is 0 Å². The average Bonchev–Trinajstić information content (AvgIpc) is 3.09. The van der Waals surface area contributed by atoms with Crippen LogP contribution in [0.5, 0.6) is 0 Å². The van der Waals surface area contributed by atoms with Crippen LogP contribution in [0.2, 0.25) is 0 Å². The largest absolute Gasteiger partial charge is 0.454 e. The monoisotopic (exact) mass is 272 g/mol. The summed E-state index contributed by atoms with van der Waals surface area (Å²) >= 11 is 1.48. The van der Waals surface area contributed by atoms with Crippen molar-refractivity contribution in [1.82, 2.24) is 14.6 Å². The Bertz CT molecular complexity index is 708. The van der Waals surface area contributed by atoms with Crippen molar-refractivity contribution in [1.29, 1.82) is 0 Å². The van der Waals surface area contributed by atoms with Gasteiger partial charge in [0.05, 0.1) is 6.20 Å². The van der Waals surface area contributed by atoms with E-state index in [-0.39, 0.29) is 0 Å². The molecule has 0 fully saturated rings. The van der Waals surface area contributed by atoms with Gasteiger partial charge >= 0.3 is 0 Å². The summed E-state index contributed by atoms with van der Waals surface area (Å²) in [6, 6.07) is 1.90. The summed E-state index contributed by atoms with van der Waals surface area (Å²) < 4.78 is 7.42. The number of nitrogens with one attached hydrogen (secondary N) is 1. The Morgan fingerprint density at radius 1 is 1.42 bits per heavy atom. The summed E-state index contributed by atoms with van der Waals surface area (Å²) in [6.07, 6.45) is 5.24. The minimum absolute atomic E-state index is 0.688. The molecule has 1 N–H and O–H groups in total. The Labute approximate surface area is 113 Å². The summed E-state index contributed by atoms with van der Waals surface area (Å²) in [5, 5.41) is 8.14. The lowest BCUT2D eigenvalue weighted by Crippen LogP contribution is -1.88. The van der Waals surface area contributed by atoms with Crippen molar-refractivity contribution in [3.63, 3.8) is 0 Å². The van der Waals surface area contributed by atoms with E-state index in [1.165, 1.54) is 11.3 Å². The normalized spacial score (nSPS) is 10.8. The lowest BCUT2D eigenvalue weighted by atomic mass is 10.2. The molecule has 0 spiro atoms. The molecule has 0 saturated heterocycles. The Morgan fingerprint density at radius 3 is 2.84 bits per heavy atom. The molecule has 3 rings (SSSR count). The van der Waals surface area contributed by atoms with E-state index >= 15 is 0 Å². The fourth-order valence-corrected chi connectivity index (χ4v) is 2.52. The van der Waals surface area contributed by atoms with E-state index in [1.807, 2.05) is 19.3 Å². The number of imidazole rings is 1. The third-order valence-electron chi connectivity index (χ3n) is 2.71. The SMILES string of the molecule is C=Cc1cc(-c2cn3nc(NC)sc3n2)oc1C=C. The number of aromatic nitrogens is 3. The van der Waals surface area contributed by atoms with E-state index in [9.17, 15) is 0 Å². The van der Waals surface area contributed by atoms with Gasteiger partial charge < -0.3 is 9.73 Å². The second-order valence-electron chi connectivity index (χ2n) is 3.85. The number of hydrogen-bond acceptors (Lipinski definition) is 5. The van der Waals surface area contributed by atoms with Gasteiger partial charge in [-0.25, -0.2) is 9.50 Å². The first-order valence-electron chi connectivity index (χ1n) is 5.68. The van der Waals surface area contributed by atoms with E-state index in [0.717, 1.165) is 21.3 Å². The first-order chi connectivity index (χ1) is 9.25. The fraction of sp³-hybridized carbons (Fsp3) is 0.0769. The predicted octanol–water partition coefficient (Wildman–Crippen LogP) is 3.38. The van der Waals surface area contributed by atoms with Gasteiger partial charge in [0.25, 0.3) is 0 Å². The highest BCUT2D eigenvalue weighted by Gasteiger charge is 2.13. The molecular weight excluding hydrogens is 260 g/mol. The van der Waals surface area contributed by atoms with Crippen molar-refractivity contribution >= 4 is 33.6 Å². The quantitative estimate of drug-likeness (QED) is 0.791. The molecule has 6 heteroatoms. The summed E-state index contributed by atoms with van der Waals surface area (Å²) in [6.45, 7) is 7.47. The fourth-order valence-electron chi connectivity index (χ4n) is 1.78. The predicted molar refractivity (Wildman–Crippen MR) is 78.3 cm³/mol. The molecule has 0 aromatic carbocycles. The maximum absolute atomic E-state index is 5.69. The molecule has 0 radical (unpaired) electrons. The second kappa shape index (κ2) is 4.40. The van der Waals surface area contributed by atoms with Gasteiger partial charge in [0.2, 0.25) is 10.1 Å². The van der Waals surface area contributed by atoms with Crippen molar-refractivity contribution in [3.8, 4) is 11.5 Å². The Morgan fingerprint density at radius 2 is 2.26 bits per heavy atom. The van der Waals surface area contributed by atoms with E-state index in [2.05, 4.69) is 28.6 Å². The number of rotatable bonds is 4. The standard InChI is InChI=1S/C13H12N4OS/c1-4-8-6-11(18-10(8)5-2)9-7-17-13(15-9)19-12(14-3)16-17/h4-7H,1-2H2,3H3,(H,14,16). The highest BCUT2D eigenvalue weighted by atomic mass is 32.1. The minimum atomic E-state index is 0.688. The van der Waals surface area contributed by atoms with Crippen LogP contribution < -0.4 is 5.32 Å². The lowest BCUT2D eigenvalue weighted by molar-refractivity contribution is 0.569. The first kappa shape index (κ1) is 11.7. The molecule has 0 unspecified atom stereocenters. The van der Waals surface area contributed by atoms with E-state index in [1.54, 1.807) is 16.7 Å². The highest BCUT2D eigenvalue weighted by Crippen LogP contribution is 2.28. The molecule has 3 heterocycles. The van der Waals surface area contributed by atoms with Gasteiger partial charge in [-0.15, -0.1) is 5.10 Å². The highest BCUT2D eigenvalue weighted by molar-refractivity contribution is 7.20. The summed E-state index contributed by atoms with van der Waals surface area (Å²) in [7, 11) is 1.83. The number of hydrogen-bond donors (Lipinski definition) is 1. The van der Waals surface area contributed by atoms with Crippen molar-refractivity contribution in [2.45, 2.75) is 0 Å². The molecule has 0 bridgehead atoms. The van der Waals surface area contributed by atoms with Crippen molar-refractivity contribution in [3.05, 3.63) is 36.7 Å². The molecule has 0 aliphatic heterocycles. The number of anilines is 1. The van der Waals surface area contributed by atoms with E-state index < -0.39 is 0 Å². The molecule has 19 heavy (non-hydrogen) atoms. The van der Waals surface area contributed by atoms with Gasteiger partial charge in [-0.05, 0) is 12.1 Å². The zero-order valence-electron chi connectivity index (χ0n) is 10.4. The van der Waals surface area contributed by atoms with Crippen LogP contribution in [0.25, 0.3) is 28.6 Å². The lowest BCUT2D eigenvalue weighted by Gasteiger charge is -1.89. The topological polar surface area (TPSA) is 55.4 Å². The van der Waals surface area contributed by atoms with Crippen molar-refractivity contribution < 1.29 is 4.42 Å². The number of furan rings is 1. The van der Waals surface area contributed by atoms with Crippen LogP contribution in [0.4, 0.5) is 5.13 Å². The van der Waals surface area contributed by atoms with Crippen LogP contribution in [0.3, 0.4) is 0 Å². The summed E-state index contributed by atoms with van der Waals surface area (Å²) in [5.41, 5.74) is 1.66. The molecule has 96 valence electrons. The smallest absolute Gasteiger partial charge is 0.214 e. The zero-order valence-corrected chi connectivity index (χ0v) is 11.2. The van der Waals surface area contributed by atoms with Crippen LogP contribution in [0.1, 0.15) is 11.3 Å². The van der Waals surface area contributed by atoms with Crippen LogP contribution >= 0.6 is 11.3 Å². The van der Waals surface area contributed by atoms with Crippen LogP contribution in [0.15, 0.2) is 29.8 Å². The van der Waals surface area contributed by atoms with Crippen LogP contribution in [-0.4, -0.2) is 21.6 Å². The molecule has 0 amide bonds. The second-order valence-corrected chi connectivity index (χ2v) is 4.80. The van der Waals surface area contributed by atoms with Crippen molar-refractivity contribution in [2.75, 3.05) is 12.4 Å². The van der Waals surface area contributed by atoms with Gasteiger partial charge in [-0.2, -0.15) is 0 Å². The molecule has 0 aliphatic rings. The first-order valence-corrected chi connectivity index (χ1v) is 6.50. The molecule has 0 atom stereocenters. The molecule has 3 aromatic rings. The molecule has 3 aromatic heterocycles.